The molecule has 0 aliphatic rings. The average Bonchev–Trinajstić information content (AvgIpc) is 2.92. The Morgan fingerprint density at radius 2 is 1.79 bits per heavy atom. The zero-order chi connectivity index (χ0) is 17.1. The van der Waals surface area contributed by atoms with E-state index in [9.17, 15) is 0 Å². The van der Waals surface area contributed by atoms with Crippen LogP contribution in [0.5, 0.6) is 0 Å². The molecule has 3 rings (SSSR count). The first kappa shape index (κ1) is 17.1. The van der Waals surface area contributed by atoms with E-state index >= 15 is 0 Å². The number of para-hydroxylation sites is 1. The topological polar surface area (TPSA) is 38.9 Å². The van der Waals surface area contributed by atoms with Crippen LogP contribution in [0.1, 0.15) is 5.56 Å². The van der Waals surface area contributed by atoms with Crippen LogP contribution in [0.15, 0.2) is 48.5 Å². The van der Waals surface area contributed by atoms with Crippen LogP contribution in [0.2, 0.25) is 10.0 Å². The largest absolute Gasteiger partial charge is 0.283 e. The first-order valence-electron chi connectivity index (χ1n) is 7.25. The third-order valence-corrected chi connectivity index (χ3v) is 4.57. The standard InChI is InChI=1S/C16H15Cl2N5S/c1-21(10-12-7-8-14(17)15(18)9-12)11-22-16(24)23(20-19-22)13-5-3-2-4-6-13/h2-9H,10-11H2,1H3. The molecule has 0 unspecified atom stereocenters. The van der Waals surface area contributed by atoms with E-state index in [0.717, 1.165) is 11.3 Å². The zero-order valence-corrected chi connectivity index (χ0v) is 15.3. The molecule has 8 heteroatoms. The van der Waals surface area contributed by atoms with Crippen LogP contribution in [0.4, 0.5) is 0 Å². The van der Waals surface area contributed by atoms with Crippen molar-refractivity contribution in [2.45, 2.75) is 13.2 Å². The fraction of sp³-hybridized carbons (Fsp3) is 0.188. The number of aromatic nitrogens is 4. The first-order chi connectivity index (χ1) is 11.5. The molecule has 3 aromatic rings. The quantitative estimate of drug-likeness (QED) is 0.622. The summed E-state index contributed by atoms with van der Waals surface area (Å²) in [7, 11) is 1.98. The van der Waals surface area contributed by atoms with Crippen LogP contribution in [0.25, 0.3) is 5.69 Å². The molecule has 0 aliphatic heterocycles. The minimum atomic E-state index is 0.520. The Bertz CT molecular complexity index is 891. The maximum absolute atomic E-state index is 6.06. The summed E-state index contributed by atoms with van der Waals surface area (Å²) in [5.41, 5.74) is 1.95. The smallest absolute Gasteiger partial charge is 0.221 e. The number of halogens is 2. The second-order valence-corrected chi connectivity index (χ2v) is 6.59. The van der Waals surface area contributed by atoms with Crippen molar-refractivity contribution in [3.63, 3.8) is 0 Å². The molecule has 0 saturated carbocycles. The SMILES string of the molecule is CN(Cc1ccc(Cl)c(Cl)c1)Cn1nnn(-c2ccccc2)c1=S. The number of hydrogen-bond donors (Lipinski definition) is 0. The summed E-state index contributed by atoms with van der Waals surface area (Å²) in [4.78, 5) is 2.07. The molecule has 24 heavy (non-hydrogen) atoms. The molecule has 0 atom stereocenters. The van der Waals surface area contributed by atoms with Gasteiger partial charge in [0.05, 0.1) is 22.4 Å². The van der Waals surface area contributed by atoms with Gasteiger partial charge in [-0.1, -0.05) is 47.5 Å². The molecule has 0 fully saturated rings. The van der Waals surface area contributed by atoms with Gasteiger partial charge in [0.1, 0.15) is 0 Å². The molecule has 0 spiro atoms. The first-order valence-corrected chi connectivity index (χ1v) is 8.42. The Morgan fingerprint density at radius 3 is 2.50 bits per heavy atom. The van der Waals surface area contributed by atoms with Crippen molar-refractivity contribution >= 4 is 35.4 Å². The van der Waals surface area contributed by atoms with E-state index in [0.29, 0.717) is 28.0 Å². The number of benzene rings is 2. The fourth-order valence-electron chi connectivity index (χ4n) is 2.32. The predicted molar refractivity (Wildman–Crippen MR) is 98.1 cm³/mol. The van der Waals surface area contributed by atoms with Gasteiger partial charge in [0.25, 0.3) is 0 Å². The summed E-state index contributed by atoms with van der Waals surface area (Å²) in [6.45, 7) is 1.21. The molecular weight excluding hydrogens is 365 g/mol. The van der Waals surface area contributed by atoms with E-state index in [1.807, 2.05) is 49.5 Å². The van der Waals surface area contributed by atoms with Crippen molar-refractivity contribution in [1.82, 2.24) is 24.7 Å². The molecule has 2 aromatic carbocycles. The van der Waals surface area contributed by atoms with Crippen LogP contribution in [-0.2, 0) is 13.2 Å². The Kier molecular flexibility index (Phi) is 5.30. The molecule has 5 nitrogen and oxygen atoms in total. The normalized spacial score (nSPS) is 11.2. The summed E-state index contributed by atoms with van der Waals surface area (Å²) in [6, 6.07) is 15.3. The van der Waals surface area contributed by atoms with Crippen molar-refractivity contribution in [3.05, 3.63) is 68.9 Å². The summed E-state index contributed by atoms with van der Waals surface area (Å²) in [5, 5.41) is 9.38. The van der Waals surface area contributed by atoms with E-state index in [4.69, 9.17) is 35.4 Å². The lowest BCUT2D eigenvalue weighted by Gasteiger charge is -2.16. The van der Waals surface area contributed by atoms with Gasteiger partial charge >= 0.3 is 0 Å². The molecular formula is C16H15Cl2N5S. The second kappa shape index (κ2) is 7.44. The molecule has 0 aliphatic carbocycles. The van der Waals surface area contributed by atoms with E-state index in [2.05, 4.69) is 15.3 Å². The highest BCUT2D eigenvalue weighted by Crippen LogP contribution is 2.23. The highest BCUT2D eigenvalue weighted by atomic mass is 35.5. The molecule has 1 aromatic heterocycles. The number of nitrogens with zero attached hydrogens (tertiary/aromatic N) is 5. The van der Waals surface area contributed by atoms with Gasteiger partial charge in [0.15, 0.2) is 0 Å². The maximum Gasteiger partial charge on any atom is 0.221 e. The number of tetrazole rings is 1. The fourth-order valence-corrected chi connectivity index (χ4v) is 2.88. The van der Waals surface area contributed by atoms with E-state index in [1.54, 1.807) is 15.4 Å². The van der Waals surface area contributed by atoms with E-state index in [-0.39, 0.29) is 0 Å². The third kappa shape index (κ3) is 3.84. The zero-order valence-electron chi connectivity index (χ0n) is 12.9. The summed E-state index contributed by atoms with van der Waals surface area (Å²) < 4.78 is 3.87. The minimum Gasteiger partial charge on any atom is -0.283 e. The second-order valence-electron chi connectivity index (χ2n) is 5.41. The molecule has 0 amide bonds. The Hall–Kier alpha value is -1.73. The number of rotatable bonds is 5. The molecule has 1 heterocycles. The van der Waals surface area contributed by atoms with Gasteiger partial charge in [0.2, 0.25) is 4.77 Å². The Labute approximate surface area is 155 Å². The van der Waals surface area contributed by atoms with Gasteiger partial charge in [0, 0.05) is 6.54 Å². The van der Waals surface area contributed by atoms with E-state index < -0.39 is 0 Å². The van der Waals surface area contributed by atoms with Crippen LogP contribution in [-0.4, -0.2) is 31.7 Å². The van der Waals surface area contributed by atoms with Crippen molar-refractivity contribution in [1.29, 1.82) is 0 Å². The van der Waals surface area contributed by atoms with Crippen molar-refractivity contribution in [2.24, 2.45) is 0 Å². The minimum absolute atomic E-state index is 0.520. The molecule has 124 valence electrons. The molecule has 0 saturated heterocycles. The molecule has 0 N–H and O–H groups in total. The monoisotopic (exact) mass is 379 g/mol. The lowest BCUT2D eigenvalue weighted by molar-refractivity contribution is 0.242. The summed E-state index contributed by atoms with van der Waals surface area (Å²) in [6.07, 6.45) is 0. The molecule has 0 bridgehead atoms. The Balaban J connectivity index is 1.73. The number of hydrogen-bond acceptors (Lipinski definition) is 4. The maximum atomic E-state index is 6.06. The highest BCUT2D eigenvalue weighted by Gasteiger charge is 2.09. The van der Waals surface area contributed by atoms with Crippen molar-refractivity contribution < 1.29 is 0 Å². The average molecular weight is 380 g/mol. The van der Waals surface area contributed by atoms with Gasteiger partial charge in [-0.3, -0.25) is 4.90 Å². The van der Waals surface area contributed by atoms with E-state index in [1.165, 1.54) is 0 Å². The lowest BCUT2D eigenvalue weighted by atomic mass is 10.2. The van der Waals surface area contributed by atoms with Crippen LogP contribution in [0.3, 0.4) is 0 Å². The Morgan fingerprint density at radius 1 is 1.04 bits per heavy atom. The van der Waals surface area contributed by atoms with Crippen LogP contribution >= 0.6 is 35.4 Å². The summed E-state index contributed by atoms with van der Waals surface area (Å²) >= 11 is 17.5. The summed E-state index contributed by atoms with van der Waals surface area (Å²) in [5.74, 6) is 0. The highest BCUT2D eigenvalue weighted by molar-refractivity contribution is 7.71. The van der Waals surface area contributed by atoms with Crippen LogP contribution in [0, 0.1) is 4.77 Å². The molecule has 0 radical (unpaired) electrons. The third-order valence-electron chi connectivity index (χ3n) is 3.45. The van der Waals surface area contributed by atoms with Gasteiger partial charge < -0.3 is 0 Å². The van der Waals surface area contributed by atoms with Crippen molar-refractivity contribution in [3.8, 4) is 5.69 Å². The van der Waals surface area contributed by atoms with Crippen molar-refractivity contribution in [2.75, 3.05) is 7.05 Å². The van der Waals surface area contributed by atoms with Gasteiger partial charge in [-0.2, -0.15) is 4.68 Å². The van der Waals surface area contributed by atoms with Gasteiger partial charge in [-0.25, -0.2) is 4.68 Å². The van der Waals surface area contributed by atoms with Crippen LogP contribution < -0.4 is 0 Å². The van der Waals surface area contributed by atoms with Gasteiger partial charge in [-0.05, 0) is 59.5 Å². The lowest BCUT2D eigenvalue weighted by Crippen LogP contribution is -2.22. The van der Waals surface area contributed by atoms with Gasteiger partial charge in [-0.15, -0.1) is 0 Å². The predicted octanol–water partition coefficient (Wildman–Crippen LogP) is 4.19.